The van der Waals surface area contributed by atoms with Crippen molar-refractivity contribution in [3.63, 3.8) is 0 Å². The molecule has 2 aromatic rings. The molecule has 4 heteroatoms. The minimum Gasteiger partial charge on any atom is -0.498 e. The molecule has 0 atom stereocenters. The van der Waals surface area contributed by atoms with E-state index >= 15 is 0 Å². The number of rotatable bonds is 1. The maximum absolute atomic E-state index is 8.97. The molecule has 0 aliphatic heterocycles. The number of aromatic nitrogens is 1. The second-order valence-electron chi connectivity index (χ2n) is 1.98. The molecule has 0 amide bonds. The van der Waals surface area contributed by atoms with Gasteiger partial charge in [-0.2, -0.15) is 0 Å². The number of hydrogen-bond donors (Lipinski definition) is 1. The van der Waals surface area contributed by atoms with Crippen molar-refractivity contribution in [2.45, 2.75) is 0 Å². The molecule has 56 valence electrons. The van der Waals surface area contributed by atoms with Gasteiger partial charge >= 0.3 is 0 Å². The Hall–Kier alpha value is -1.29. The summed E-state index contributed by atoms with van der Waals surface area (Å²) in [4.78, 5) is 3.93. The van der Waals surface area contributed by atoms with Crippen molar-refractivity contribution in [2.75, 3.05) is 0 Å². The SMILES string of the molecule is Oc1cnc(-c2ccco2)s1. The van der Waals surface area contributed by atoms with Crippen molar-refractivity contribution in [2.24, 2.45) is 0 Å². The molecule has 2 aromatic heterocycles. The highest BCUT2D eigenvalue weighted by Gasteiger charge is 2.04. The van der Waals surface area contributed by atoms with Gasteiger partial charge in [-0.05, 0) is 12.1 Å². The summed E-state index contributed by atoms with van der Waals surface area (Å²) in [6, 6.07) is 3.59. The van der Waals surface area contributed by atoms with Crippen LogP contribution in [-0.2, 0) is 0 Å². The summed E-state index contributed by atoms with van der Waals surface area (Å²) >= 11 is 1.20. The van der Waals surface area contributed by atoms with Crippen LogP contribution in [0.15, 0.2) is 29.0 Å². The summed E-state index contributed by atoms with van der Waals surface area (Å²) in [7, 11) is 0. The standard InChI is InChI=1S/C7H5NO2S/c9-6-4-8-7(11-6)5-2-1-3-10-5/h1-4,9H. The minimum atomic E-state index is 0.205. The lowest BCUT2D eigenvalue weighted by atomic mass is 10.5. The molecule has 0 spiro atoms. The van der Waals surface area contributed by atoms with Crippen LogP contribution in [0.2, 0.25) is 0 Å². The van der Waals surface area contributed by atoms with Gasteiger partial charge in [0.1, 0.15) is 0 Å². The van der Waals surface area contributed by atoms with Crippen LogP contribution in [0.5, 0.6) is 5.06 Å². The summed E-state index contributed by atoms with van der Waals surface area (Å²) in [6.45, 7) is 0. The van der Waals surface area contributed by atoms with Crippen LogP contribution in [0.25, 0.3) is 10.8 Å². The molecular weight excluding hydrogens is 162 g/mol. The molecule has 0 saturated carbocycles. The molecule has 0 saturated heterocycles. The highest BCUT2D eigenvalue weighted by molar-refractivity contribution is 7.16. The topological polar surface area (TPSA) is 46.3 Å². The van der Waals surface area contributed by atoms with E-state index in [1.807, 2.05) is 0 Å². The molecule has 0 bridgehead atoms. The van der Waals surface area contributed by atoms with E-state index in [1.54, 1.807) is 18.4 Å². The lowest BCUT2D eigenvalue weighted by molar-refractivity contribution is 0.489. The summed E-state index contributed by atoms with van der Waals surface area (Å²) in [5.74, 6) is 0.690. The van der Waals surface area contributed by atoms with E-state index in [0.29, 0.717) is 10.8 Å². The maximum atomic E-state index is 8.97. The summed E-state index contributed by atoms with van der Waals surface area (Å²) in [5, 5.41) is 9.87. The predicted molar refractivity (Wildman–Crippen MR) is 41.5 cm³/mol. The number of nitrogens with zero attached hydrogens (tertiary/aromatic N) is 1. The van der Waals surface area contributed by atoms with Gasteiger partial charge in [0.2, 0.25) is 0 Å². The highest BCUT2D eigenvalue weighted by Crippen LogP contribution is 2.28. The molecule has 11 heavy (non-hydrogen) atoms. The van der Waals surface area contributed by atoms with E-state index in [0.717, 1.165) is 0 Å². The van der Waals surface area contributed by atoms with Gasteiger partial charge in [-0.25, -0.2) is 4.98 Å². The molecule has 0 radical (unpaired) electrons. The molecule has 0 aliphatic carbocycles. The van der Waals surface area contributed by atoms with Gasteiger partial charge in [0.25, 0.3) is 0 Å². The first-order valence-corrected chi connectivity index (χ1v) is 3.86. The van der Waals surface area contributed by atoms with Crippen LogP contribution in [-0.4, -0.2) is 10.1 Å². The first kappa shape index (κ1) is 6.42. The van der Waals surface area contributed by atoms with Crippen LogP contribution in [0.4, 0.5) is 0 Å². The molecular formula is C7H5NO2S. The van der Waals surface area contributed by atoms with Crippen molar-refractivity contribution >= 4 is 11.3 Å². The molecule has 2 heterocycles. The lowest BCUT2D eigenvalue weighted by Crippen LogP contribution is -1.65. The Balaban J connectivity index is 2.45. The fraction of sp³-hybridized carbons (Fsp3) is 0. The molecule has 0 aromatic carbocycles. The van der Waals surface area contributed by atoms with Gasteiger partial charge < -0.3 is 9.52 Å². The maximum Gasteiger partial charge on any atom is 0.192 e. The van der Waals surface area contributed by atoms with Crippen LogP contribution in [0, 0.1) is 0 Å². The van der Waals surface area contributed by atoms with Gasteiger partial charge in [-0.15, -0.1) is 0 Å². The molecule has 0 unspecified atom stereocenters. The van der Waals surface area contributed by atoms with Crippen molar-refractivity contribution in [3.05, 3.63) is 24.6 Å². The van der Waals surface area contributed by atoms with E-state index in [1.165, 1.54) is 17.5 Å². The predicted octanol–water partition coefficient (Wildman–Crippen LogP) is 2.11. The van der Waals surface area contributed by atoms with Gasteiger partial charge in [0.15, 0.2) is 15.8 Å². The van der Waals surface area contributed by atoms with Crippen LogP contribution in [0.3, 0.4) is 0 Å². The van der Waals surface area contributed by atoms with E-state index in [-0.39, 0.29) is 5.06 Å². The minimum absolute atomic E-state index is 0.205. The van der Waals surface area contributed by atoms with Crippen molar-refractivity contribution < 1.29 is 9.52 Å². The van der Waals surface area contributed by atoms with Gasteiger partial charge in [-0.1, -0.05) is 11.3 Å². The Labute approximate surface area is 66.9 Å². The lowest BCUT2D eigenvalue weighted by Gasteiger charge is -1.83. The summed E-state index contributed by atoms with van der Waals surface area (Å²) in [6.07, 6.45) is 2.98. The second-order valence-corrected chi connectivity index (χ2v) is 2.99. The zero-order valence-electron chi connectivity index (χ0n) is 5.52. The largest absolute Gasteiger partial charge is 0.498 e. The third kappa shape index (κ3) is 1.12. The summed E-state index contributed by atoms with van der Waals surface area (Å²) < 4.78 is 5.07. The Bertz CT molecular complexity index is 339. The average Bonchev–Trinajstić information content (AvgIpc) is 2.55. The monoisotopic (exact) mass is 167 g/mol. The number of thiazole rings is 1. The molecule has 3 nitrogen and oxygen atoms in total. The third-order valence-electron chi connectivity index (χ3n) is 1.23. The Morgan fingerprint density at radius 3 is 3.00 bits per heavy atom. The normalized spacial score (nSPS) is 10.2. The zero-order chi connectivity index (χ0) is 7.68. The van der Waals surface area contributed by atoms with Crippen LogP contribution < -0.4 is 0 Å². The van der Waals surface area contributed by atoms with Crippen LogP contribution in [0.1, 0.15) is 0 Å². The highest BCUT2D eigenvalue weighted by atomic mass is 32.1. The Morgan fingerprint density at radius 1 is 1.55 bits per heavy atom. The zero-order valence-corrected chi connectivity index (χ0v) is 6.34. The smallest absolute Gasteiger partial charge is 0.192 e. The summed E-state index contributed by atoms with van der Waals surface area (Å²) in [5.41, 5.74) is 0. The molecule has 0 fully saturated rings. The molecule has 2 rings (SSSR count). The molecule has 0 aliphatic rings. The number of hydrogen-bond acceptors (Lipinski definition) is 4. The molecule has 1 N–H and O–H groups in total. The fourth-order valence-corrected chi connectivity index (χ4v) is 1.41. The Kier molecular flexibility index (Phi) is 1.40. The van der Waals surface area contributed by atoms with Crippen molar-refractivity contribution in [3.8, 4) is 15.8 Å². The van der Waals surface area contributed by atoms with Gasteiger partial charge in [0.05, 0.1) is 12.5 Å². The van der Waals surface area contributed by atoms with E-state index in [4.69, 9.17) is 9.52 Å². The fourth-order valence-electron chi connectivity index (χ4n) is 0.780. The van der Waals surface area contributed by atoms with E-state index in [2.05, 4.69) is 4.98 Å². The third-order valence-corrected chi connectivity index (χ3v) is 2.04. The second kappa shape index (κ2) is 2.39. The van der Waals surface area contributed by atoms with Gasteiger partial charge in [-0.3, -0.25) is 0 Å². The quantitative estimate of drug-likeness (QED) is 0.707. The van der Waals surface area contributed by atoms with Crippen LogP contribution >= 0.6 is 11.3 Å². The van der Waals surface area contributed by atoms with Gasteiger partial charge in [0, 0.05) is 0 Å². The Morgan fingerprint density at radius 2 is 2.45 bits per heavy atom. The number of aromatic hydroxyl groups is 1. The number of furan rings is 1. The average molecular weight is 167 g/mol. The van der Waals surface area contributed by atoms with E-state index < -0.39 is 0 Å². The first-order chi connectivity index (χ1) is 5.36. The van der Waals surface area contributed by atoms with Crippen molar-refractivity contribution in [1.82, 2.24) is 4.98 Å². The van der Waals surface area contributed by atoms with Crippen molar-refractivity contribution in [1.29, 1.82) is 0 Å². The van der Waals surface area contributed by atoms with E-state index in [9.17, 15) is 0 Å². The first-order valence-electron chi connectivity index (χ1n) is 3.05.